The number of hydrogen-bond donors (Lipinski definition) is 1. The minimum Gasteiger partial charge on any atom is -0.372 e. The average Bonchev–Trinajstić information content (AvgIpc) is 2.66. The number of hydrogen-bond acceptors (Lipinski definition) is 4. The van der Waals surface area contributed by atoms with Gasteiger partial charge in [-0.2, -0.15) is 0 Å². The lowest BCUT2D eigenvalue weighted by Gasteiger charge is -2.07. The molecule has 0 aromatic carbocycles. The fraction of sp³-hybridized carbons (Fsp3) is 0.700. The Bertz CT molecular complexity index is 275. The lowest BCUT2D eigenvalue weighted by Crippen LogP contribution is -2.09. The van der Waals surface area contributed by atoms with Gasteiger partial charge in [0.1, 0.15) is 11.1 Å². The van der Waals surface area contributed by atoms with Crippen LogP contribution in [-0.4, -0.2) is 18.1 Å². The highest BCUT2D eigenvalue weighted by molar-refractivity contribution is 7.09. The molecule has 0 spiro atoms. The van der Waals surface area contributed by atoms with E-state index in [2.05, 4.69) is 17.3 Å². The van der Waals surface area contributed by atoms with E-state index in [9.17, 15) is 0 Å². The average molecular weight is 214 g/mol. The molecule has 0 fully saturated rings. The van der Waals surface area contributed by atoms with E-state index < -0.39 is 0 Å². The Labute approximate surface area is 89.3 Å². The molecule has 2 atom stereocenters. The quantitative estimate of drug-likeness (QED) is 0.818. The Morgan fingerprint density at radius 3 is 2.86 bits per heavy atom. The minimum atomic E-state index is 0.101. The third-order valence-corrected chi connectivity index (χ3v) is 3.19. The molecule has 0 saturated heterocycles. The molecule has 0 amide bonds. The summed E-state index contributed by atoms with van der Waals surface area (Å²) in [4.78, 5) is 4.51. The van der Waals surface area contributed by atoms with Crippen molar-refractivity contribution in [2.24, 2.45) is 5.73 Å². The SMILES string of the molecule is CCOC(C)c1nc(C(C)CN)cs1. The largest absolute Gasteiger partial charge is 0.372 e. The number of rotatable bonds is 5. The molecular formula is C10H18N2OS. The van der Waals surface area contributed by atoms with Gasteiger partial charge in [0.2, 0.25) is 0 Å². The third kappa shape index (κ3) is 2.77. The molecule has 0 bridgehead atoms. The van der Waals surface area contributed by atoms with Gasteiger partial charge in [-0.05, 0) is 13.8 Å². The van der Waals surface area contributed by atoms with Crippen LogP contribution in [0.3, 0.4) is 0 Å². The van der Waals surface area contributed by atoms with Crippen LogP contribution >= 0.6 is 11.3 Å². The fourth-order valence-corrected chi connectivity index (χ4v) is 2.10. The second-order valence-electron chi connectivity index (χ2n) is 3.34. The van der Waals surface area contributed by atoms with Crippen LogP contribution in [0.25, 0.3) is 0 Å². The van der Waals surface area contributed by atoms with Gasteiger partial charge < -0.3 is 10.5 Å². The van der Waals surface area contributed by atoms with Gasteiger partial charge in [-0.15, -0.1) is 11.3 Å². The van der Waals surface area contributed by atoms with Gasteiger partial charge >= 0.3 is 0 Å². The van der Waals surface area contributed by atoms with Gasteiger partial charge in [0, 0.05) is 24.4 Å². The molecule has 14 heavy (non-hydrogen) atoms. The molecule has 2 N–H and O–H groups in total. The molecule has 1 heterocycles. The number of ether oxygens (including phenoxy) is 1. The lowest BCUT2D eigenvalue weighted by atomic mass is 10.1. The van der Waals surface area contributed by atoms with E-state index in [4.69, 9.17) is 10.5 Å². The highest BCUT2D eigenvalue weighted by Gasteiger charge is 2.12. The Hall–Kier alpha value is -0.450. The van der Waals surface area contributed by atoms with E-state index in [0.717, 1.165) is 17.3 Å². The maximum Gasteiger partial charge on any atom is 0.121 e. The number of nitrogens with zero attached hydrogens (tertiary/aromatic N) is 1. The molecule has 1 aromatic rings. The van der Waals surface area contributed by atoms with Crippen LogP contribution in [0.2, 0.25) is 0 Å². The van der Waals surface area contributed by atoms with Gasteiger partial charge in [0.15, 0.2) is 0 Å². The second-order valence-corrected chi connectivity index (χ2v) is 4.23. The number of nitrogens with two attached hydrogens (primary N) is 1. The third-order valence-electron chi connectivity index (χ3n) is 2.16. The highest BCUT2D eigenvalue weighted by atomic mass is 32.1. The van der Waals surface area contributed by atoms with Crippen LogP contribution in [0, 0.1) is 0 Å². The Balaban J connectivity index is 2.67. The van der Waals surface area contributed by atoms with Crippen molar-refractivity contribution in [3.63, 3.8) is 0 Å². The van der Waals surface area contributed by atoms with Gasteiger partial charge in [0.05, 0.1) is 5.69 Å². The van der Waals surface area contributed by atoms with Crippen molar-refractivity contribution in [3.05, 3.63) is 16.1 Å². The van der Waals surface area contributed by atoms with E-state index in [-0.39, 0.29) is 6.10 Å². The van der Waals surface area contributed by atoms with Crippen LogP contribution in [-0.2, 0) is 4.74 Å². The van der Waals surface area contributed by atoms with Crippen LogP contribution < -0.4 is 5.73 Å². The lowest BCUT2D eigenvalue weighted by molar-refractivity contribution is 0.0761. The van der Waals surface area contributed by atoms with E-state index in [0.29, 0.717) is 12.5 Å². The summed E-state index contributed by atoms with van der Waals surface area (Å²) in [5.74, 6) is 0.342. The molecule has 80 valence electrons. The first kappa shape index (κ1) is 11.6. The van der Waals surface area contributed by atoms with Crippen LogP contribution in [0.5, 0.6) is 0 Å². The molecule has 0 aliphatic heterocycles. The minimum absolute atomic E-state index is 0.101. The first-order valence-corrected chi connectivity index (χ1v) is 5.84. The van der Waals surface area contributed by atoms with Crippen molar-refractivity contribution < 1.29 is 4.74 Å². The van der Waals surface area contributed by atoms with E-state index in [1.54, 1.807) is 11.3 Å². The van der Waals surface area contributed by atoms with Crippen molar-refractivity contribution >= 4 is 11.3 Å². The summed E-state index contributed by atoms with van der Waals surface area (Å²) in [5.41, 5.74) is 6.66. The molecule has 2 unspecified atom stereocenters. The molecule has 0 radical (unpaired) electrons. The summed E-state index contributed by atoms with van der Waals surface area (Å²) in [5, 5.41) is 3.12. The predicted molar refractivity (Wildman–Crippen MR) is 59.6 cm³/mol. The normalized spacial score (nSPS) is 15.4. The Kier molecular flexibility index (Phi) is 4.51. The predicted octanol–water partition coefficient (Wildman–Crippen LogP) is 2.30. The monoisotopic (exact) mass is 214 g/mol. The zero-order valence-corrected chi connectivity index (χ0v) is 9.80. The molecular weight excluding hydrogens is 196 g/mol. The molecule has 1 rings (SSSR count). The fourth-order valence-electron chi connectivity index (χ4n) is 1.16. The zero-order chi connectivity index (χ0) is 10.6. The number of aromatic nitrogens is 1. The molecule has 0 saturated carbocycles. The Morgan fingerprint density at radius 2 is 2.29 bits per heavy atom. The molecule has 3 nitrogen and oxygen atoms in total. The summed E-state index contributed by atoms with van der Waals surface area (Å²) in [6.07, 6.45) is 0.101. The van der Waals surface area contributed by atoms with E-state index >= 15 is 0 Å². The summed E-state index contributed by atoms with van der Waals surface area (Å²) in [6, 6.07) is 0. The standard InChI is InChI=1S/C10H18N2OS/c1-4-13-8(3)10-12-9(6-14-10)7(2)5-11/h6-8H,4-5,11H2,1-3H3. The van der Waals surface area contributed by atoms with Gasteiger partial charge in [-0.1, -0.05) is 6.92 Å². The zero-order valence-electron chi connectivity index (χ0n) is 8.99. The van der Waals surface area contributed by atoms with Crippen LogP contribution in [0.15, 0.2) is 5.38 Å². The van der Waals surface area contributed by atoms with E-state index in [1.807, 2.05) is 13.8 Å². The number of thiazole rings is 1. The van der Waals surface area contributed by atoms with Crippen molar-refractivity contribution in [1.82, 2.24) is 4.98 Å². The van der Waals surface area contributed by atoms with Crippen molar-refractivity contribution in [3.8, 4) is 0 Å². The maximum atomic E-state index is 5.58. The topological polar surface area (TPSA) is 48.1 Å². The van der Waals surface area contributed by atoms with Gasteiger partial charge in [-0.3, -0.25) is 0 Å². The molecule has 0 aliphatic carbocycles. The van der Waals surface area contributed by atoms with E-state index in [1.165, 1.54) is 0 Å². The van der Waals surface area contributed by atoms with Crippen molar-refractivity contribution in [2.45, 2.75) is 32.8 Å². The van der Waals surface area contributed by atoms with Crippen molar-refractivity contribution in [1.29, 1.82) is 0 Å². The first-order valence-electron chi connectivity index (χ1n) is 4.96. The van der Waals surface area contributed by atoms with Crippen LogP contribution in [0.4, 0.5) is 0 Å². The molecule has 4 heteroatoms. The maximum absolute atomic E-state index is 5.58. The van der Waals surface area contributed by atoms with Gasteiger partial charge in [-0.25, -0.2) is 4.98 Å². The summed E-state index contributed by atoms with van der Waals surface area (Å²) >= 11 is 1.65. The molecule has 1 aromatic heterocycles. The van der Waals surface area contributed by atoms with Crippen molar-refractivity contribution in [2.75, 3.05) is 13.2 Å². The summed E-state index contributed by atoms with van der Waals surface area (Å²) < 4.78 is 5.47. The summed E-state index contributed by atoms with van der Waals surface area (Å²) in [7, 11) is 0. The summed E-state index contributed by atoms with van der Waals surface area (Å²) in [6.45, 7) is 7.48. The van der Waals surface area contributed by atoms with Gasteiger partial charge in [0.25, 0.3) is 0 Å². The second kappa shape index (κ2) is 5.44. The first-order chi connectivity index (χ1) is 6.69. The highest BCUT2D eigenvalue weighted by Crippen LogP contribution is 2.24. The molecule has 0 aliphatic rings. The smallest absolute Gasteiger partial charge is 0.121 e. The van der Waals surface area contributed by atoms with Crippen LogP contribution in [0.1, 0.15) is 43.5 Å². The Morgan fingerprint density at radius 1 is 1.57 bits per heavy atom.